The highest BCUT2D eigenvalue weighted by Gasteiger charge is 2.28. The van der Waals surface area contributed by atoms with Gasteiger partial charge in [-0.2, -0.15) is 0 Å². The SMILES string of the molecule is COc1ccc(OC)c(C(c2ccc(Cl)cc2Cl)N2CCNCC2)c1. The van der Waals surface area contributed by atoms with Crippen molar-refractivity contribution in [3.05, 3.63) is 57.6 Å². The Labute approximate surface area is 158 Å². The van der Waals surface area contributed by atoms with Gasteiger partial charge >= 0.3 is 0 Å². The van der Waals surface area contributed by atoms with E-state index in [1.807, 2.05) is 30.3 Å². The lowest BCUT2D eigenvalue weighted by Crippen LogP contribution is -2.45. The number of hydrogen-bond donors (Lipinski definition) is 1. The second kappa shape index (κ2) is 8.28. The molecule has 1 heterocycles. The molecule has 0 spiro atoms. The summed E-state index contributed by atoms with van der Waals surface area (Å²) >= 11 is 12.7. The molecule has 3 rings (SSSR count). The summed E-state index contributed by atoms with van der Waals surface area (Å²) in [6.07, 6.45) is 0. The molecule has 1 saturated heterocycles. The number of hydrogen-bond acceptors (Lipinski definition) is 4. The number of piperazine rings is 1. The molecule has 0 aromatic heterocycles. The molecule has 2 aromatic carbocycles. The van der Waals surface area contributed by atoms with Crippen molar-refractivity contribution in [2.45, 2.75) is 6.04 Å². The zero-order chi connectivity index (χ0) is 17.8. The fourth-order valence-corrected chi connectivity index (χ4v) is 3.79. The van der Waals surface area contributed by atoms with Gasteiger partial charge in [-0.25, -0.2) is 0 Å². The Kier molecular flexibility index (Phi) is 6.07. The number of halogens is 2. The van der Waals surface area contributed by atoms with Crippen LogP contribution in [-0.4, -0.2) is 45.3 Å². The van der Waals surface area contributed by atoms with Crippen molar-refractivity contribution >= 4 is 23.2 Å². The summed E-state index contributed by atoms with van der Waals surface area (Å²) in [5.74, 6) is 1.61. The normalized spacial score (nSPS) is 16.5. The van der Waals surface area contributed by atoms with Gasteiger partial charge in [0.1, 0.15) is 11.5 Å². The minimum absolute atomic E-state index is 0.0306. The molecule has 1 aliphatic heterocycles. The van der Waals surface area contributed by atoms with Crippen LogP contribution in [0.1, 0.15) is 17.2 Å². The second-order valence-electron chi connectivity index (χ2n) is 5.96. The van der Waals surface area contributed by atoms with Crippen molar-refractivity contribution in [3.63, 3.8) is 0 Å². The first-order valence-corrected chi connectivity index (χ1v) is 9.01. The van der Waals surface area contributed by atoms with Gasteiger partial charge in [-0.15, -0.1) is 0 Å². The molecule has 6 heteroatoms. The van der Waals surface area contributed by atoms with E-state index in [9.17, 15) is 0 Å². The van der Waals surface area contributed by atoms with E-state index in [1.165, 1.54) is 0 Å². The third kappa shape index (κ3) is 4.04. The summed E-state index contributed by atoms with van der Waals surface area (Å²) in [5, 5.41) is 4.68. The molecule has 134 valence electrons. The van der Waals surface area contributed by atoms with Crippen LogP contribution >= 0.6 is 23.2 Å². The fourth-order valence-electron chi connectivity index (χ4n) is 3.28. The molecule has 0 bridgehead atoms. The quantitative estimate of drug-likeness (QED) is 0.849. The largest absolute Gasteiger partial charge is 0.497 e. The lowest BCUT2D eigenvalue weighted by Gasteiger charge is -2.36. The van der Waals surface area contributed by atoms with Crippen molar-refractivity contribution in [2.75, 3.05) is 40.4 Å². The van der Waals surface area contributed by atoms with Gasteiger partial charge in [-0.3, -0.25) is 4.90 Å². The molecule has 2 aromatic rings. The third-order valence-electron chi connectivity index (χ3n) is 4.51. The highest BCUT2D eigenvalue weighted by atomic mass is 35.5. The third-order valence-corrected chi connectivity index (χ3v) is 5.07. The lowest BCUT2D eigenvalue weighted by molar-refractivity contribution is 0.195. The van der Waals surface area contributed by atoms with E-state index in [0.717, 1.165) is 48.8 Å². The van der Waals surface area contributed by atoms with E-state index in [4.69, 9.17) is 32.7 Å². The molecular weight excluding hydrogens is 359 g/mol. The van der Waals surface area contributed by atoms with Gasteiger partial charge in [0.2, 0.25) is 0 Å². The smallest absolute Gasteiger partial charge is 0.124 e. The van der Waals surface area contributed by atoms with Crippen molar-refractivity contribution in [1.29, 1.82) is 0 Å². The first-order valence-electron chi connectivity index (χ1n) is 8.25. The van der Waals surface area contributed by atoms with E-state index in [0.29, 0.717) is 10.0 Å². The Balaban J connectivity index is 2.13. The molecule has 0 saturated carbocycles. The zero-order valence-corrected chi connectivity index (χ0v) is 15.9. The molecule has 1 atom stereocenters. The molecule has 1 aliphatic rings. The van der Waals surface area contributed by atoms with E-state index in [2.05, 4.69) is 10.2 Å². The van der Waals surface area contributed by atoms with Gasteiger partial charge in [0.15, 0.2) is 0 Å². The van der Waals surface area contributed by atoms with Gasteiger partial charge in [-0.1, -0.05) is 29.3 Å². The predicted molar refractivity (Wildman–Crippen MR) is 102 cm³/mol. The molecule has 0 amide bonds. The zero-order valence-electron chi connectivity index (χ0n) is 14.4. The van der Waals surface area contributed by atoms with Crippen molar-refractivity contribution in [3.8, 4) is 11.5 Å². The van der Waals surface area contributed by atoms with Crippen molar-refractivity contribution in [1.82, 2.24) is 10.2 Å². The van der Waals surface area contributed by atoms with Crippen LogP contribution in [0.2, 0.25) is 10.0 Å². The maximum Gasteiger partial charge on any atom is 0.124 e. The van der Waals surface area contributed by atoms with Crippen LogP contribution in [0, 0.1) is 0 Å². The van der Waals surface area contributed by atoms with E-state index in [1.54, 1.807) is 20.3 Å². The van der Waals surface area contributed by atoms with E-state index < -0.39 is 0 Å². The lowest BCUT2D eigenvalue weighted by atomic mass is 9.95. The van der Waals surface area contributed by atoms with Crippen LogP contribution in [0.5, 0.6) is 11.5 Å². The summed E-state index contributed by atoms with van der Waals surface area (Å²) in [7, 11) is 3.35. The Morgan fingerprint density at radius 1 is 0.960 bits per heavy atom. The van der Waals surface area contributed by atoms with E-state index >= 15 is 0 Å². The Morgan fingerprint density at radius 2 is 1.72 bits per heavy atom. The first kappa shape index (κ1) is 18.3. The molecular formula is C19H22Cl2N2O2. The van der Waals surface area contributed by atoms with Crippen LogP contribution < -0.4 is 14.8 Å². The maximum absolute atomic E-state index is 6.56. The molecule has 1 fully saturated rings. The van der Waals surface area contributed by atoms with Gasteiger partial charge in [0.25, 0.3) is 0 Å². The Bertz CT molecular complexity index is 733. The van der Waals surface area contributed by atoms with Crippen LogP contribution in [0.25, 0.3) is 0 Å². The summed E-state index contributed by atoms with van der Waals surface area (Å²) in [4.78, 5) is 2.41. The topological polar surface area (TPSA) is 33.7 Å². The van der Waals surface area contributed by atoms with Crippen LogP contribution in [0.3, 0.4) is 0 Å². The average molecular weight is 381 g/mol. The monoisotopic (exact) mass is 380 g/mol. The molecule has 1 unspecified atom stereocenters. The number of nitrogens with one attached hydrogen (secondary N) is 1. The van der Waals surface area contributed by atoms with Crippen LogP contribution in [0.15, 0.2) is 36.4 Å². The van der Waals surface area contributed by atoms with Crippen LogP contribution in [-0.2, 0) is 0 Å². The summed E-state index contributed by atoms with van der Waals surface area (Å²) in [6.45, 7) is 3.72. The first-order chi connectivity index (χ1) is 12.1. The number of benzene rings is 2. The molecule has 4 nitrogen and oxygen atoms in total. The summed E-state index contributed by atoms with van der Waals surface area (Å²) in [5.41, 5.74) is 2.05. The average Bonchev–Trinajstić information content (AvgIpc) is 2.64. The minimum atomic E-state index is -0.0306. The standard InChI is InChI=1S/C19H22Cl2N2O2/c1-24-14-4-6-18(25-2)16(12-14)19(23-9-7-22-8-10-23)15-5-3-13(20)11-17(15)21/h3-6,11-12,19,22H,7-10H2,1-2H3. The van der Waals surface area contributed by atoms with Gasteiger partial charge < -0.3 is 14.8 Å². The number of ether oxygens (including phenoxy) is 2. The van der Waals surface area contributed by atoms with Gasteiger partial charge in [0.05, 0.1) is 20.3 Å². The molecule has 1 N–H and O–H groups in total. The highest BCUT2D eigenvalue weighted by molar-refractivity contribution is 6.35. The fraction of sp³-hybridized carbons (Fsp3) is 0.368. The predicted octanol–water partition coefficient (Wildman–Crippen LogP) is 4.01. The highest BCUT2D eigenvalue weighted by Crippen LogP contribution is 2.40. The number of rotatable bonds is 5. The van der Waals surface area contributed by atoms with Crippen LogP contribution in [0.4, 0.5) is 0 Å². The number of nitrogens with zero attached hydrogens (tertiary/aromatic N) is 1. The minimum Gasteiger partial charge on any atom is -0.497 e. The van der Waals surface area contributed by atoms with Crippen molar-refractivity contribution in [2.24, 2.45) is 0 Å². The summed E-state index contributed by atoms with van der Waals surface area (Å²) in [6, 6.07) is 11.5. The molecule has 0 radical (unpaired) electrons. The number of methoxy groups -OCH3 is 2. The van der Waals surface area contributed by atoms with Crippen molar-refractivity contribution < 1.29 is 9.47 Å². The Hall–Kier alpha value is -1.46. The Morgan fingerprint density at radius 3 is 2.36 bits per heavy atom. The molecule has 0 aliphatic carbocycles. The van der Waals surface area contributed by atoms with Gasteiger partial charge in [-0.05, 0) is 35.9 Å². The van der Waals surface area contributed by atoms with Gasteiger partial charge in [0, 0.05) is 41.8 Å². The summed E-state index contributed by atoms with van der Waals surface area (Å²) < 4.78 is 11.1. The second-order valence-corrected chi connectivity index (χ2v) is 6.81. The maximum atomic E-state index is 6.56. The van der Waals surface area contributed by atoms with E-state index in [-0.39, 0.29) is 6.04 Å². The molecule has 25 heavy (non-hydrogen) atoms.